The molecule has 1 aliphatic heterocycles. The topological polar surface area (TPSA) is 77.0 Å². The summed E-state index contributed by atoms with van der Waals surface area (Å²) in [6.07, 6.45) is 4.78. The summed E-state index contributed by atoms with van der Waals surface area (Å²) < 4.78 is 1.64. The van der Waals surface area contributed by atoms with E-state index in [4.69, 9.17) is 5.73 Å². The van der Waals surface area contributed by atoms with Crippen molar-refractivity contribution in [3.05, 3.63) is 41.7 Å². The lowest BCUT2D eigenvalue weighted by atomic mass is 9.96. The molecule has 2 heterocycles. The first kappa shape index (κ1) is 15.7. The Hall–Kier alpha value is -2.21. The zero-order valence-corrected chi connectivity index (χ0v) is 13.6. The Labute approximate surface area is 136 Å². The van der Waals surface area contributed by atoms with Crippen LogP contribution >= 0.6 is 0 Å². The van der Waals surface area contributed by atoms with Crippen LogP contribution in [0.1, 0.15) is 42.2 Å². The predicted octanol–water partition coefficient (Wildman–Crippen LogP) is 1.92. The number of hydrogen-bond donors (Lipinski definition) is 1. The Morgan fingerprint density at radius 3 is 2.74 bits per heavy atom. The number of nitrogens with two attached hydrogens (primary N) is 1. The summed E-state index contributed by atoms with van der Waals surface area (Å²) in [7, 11) is 0. The molecular weight excluding hydrogens is 290 g/mol. The molecule has 2 N–H and O–H groups in total. The van der Waals surface area contributed by atoms with E-state index >= 15 is 0 Å². The van der Waals surface area contributed by atoms with Crippen LogP contribution in [0.4, 0.5) is 0 Å². The maximum absolute atomic E-state index is 12.8. The van der Waals surface area contributed by atoms with Gasteiger partial charge in [0.25, 0.3) is 5.91 Å². The molecule has 1 amide bonds. The average molecular weight is 313 g/mol. The Kier molecular flexibility index (Phi) is 4.43. The van der Waals surface area contributed by atoms with Crippen LogP contribution in [0.5, 0.6) is 0 Å². The number of amides is 1. The van der Waals surface area contributed by atoms with Gasteiger partial charge in [-0.15, -0.1) is 5.10 Å². The summed E-state index contributed by atoms with van der Waals surface area (Å²) in [5.74, 6) is -0.0784. The summed E-state index contributed by atoms with van der Waals surface area (Å²) in [6, 6.07) is 7.99. The molecule has 1 saturated heterocycles. The summed E-state index contributed by atoms with van der Waals surface area (Å²) in [4.78, 5) is 14.6. The van der Waals surface area contributed by atoms with E-state index in [1.807, 2.05) is 43.0 Å². The number of nitrogens with zero attached hydrogens (tertiary/aromatic N) is 4. The molecule has 6 heteroatoms. The third kappa shape index (κ3) is 3.27. The van der Waals surface area contributed by atoms with Crippen molar-refractivity contribution in [2.45, 2.75) is 45.2 Å². The normalized spacial score (nSPS) is 19.6. The SMILES string of the molecule is Cc1ccc(-n2cc(C(=O)N3CCCCC3C(C)N)nn2)cc1. The maximum atomic E-state index is 12.8. The fourth-order valence-corrected chi connectivity index (χ4v) is 3.09. The van der Waals surface area contributed by atoms with E-state index in [2.05, 4.69) is 10.3 Å². The highest BCUT2D eigenvalue weighted by Gasteiger charge is 2.31. The van der Waals surface area contributed by atoms with Crippen molar-refractivity contribution < 1.29 is 4.79 Å². The molecule has 3 rings (SSSR count). The fourth-order valence-electron chi connectivity index (χ4n) is 3.09. The lowest BCUT2D eigenvalue weighted by molar-refractivity contribution is 0.0577. The summed E-state index contributed by atoms with van der Waals surface area (Å²) in [5, 5.41) is 8.15. The van der Waals surface area contributed by atoms with Gasteiger partial charge in [0.05, 0.1) is 11.9 Å². The second kappa shape index (κ2) is 6.50. The first-order chi connectivity index (χ1) is 11.1. The number of likely N-dealkylation sites (tertiary alicyclic amines) is 1. The average Bonchev–Trinajstić information content (AvgIpc) is 3.04. The van der Waals surface area contributed by atoms with E-state index in [9.17, 15) is 4.79 Å². The van der Waals surface area contributed by atoms with Crippen molar-refractivity contribution >= 4 is 5.91 Å². The molecule has 0 spiro atoms. The zero-order valence-electron chi connectivity index (χ0n) is 13.6. The van der Waals surface area contributed by atoms with E-state index in [-0.39, 0.29) is 18.0 Å². The van der Waals surface area contributed by atoms with Crippen molar-refractivity contribution in [1.29, 1.82) is 0 Å². The lowest BCUT2D eigenvalue weighted by Gasteiger charge is -2.37. The van der Waals surface area contributed by atoms with E-state index in [0.29, 0.717) is 5.69 Å². The van der Waals surface area contributed by atoms with Gasteiger partial charge in [-0.3, -0.25) is 4.79 Å². The van der Waals surface area contributed by atoms with Crippen LogP contribution in [0, 0.1) is 6.92 Å². The van der Waals surface area contributed by atoms with E-state index in [0.717, 1.165) is 31.5 Å². The highest BCUT2D eigenvalue weighted by atomic mass is 16.2. The Morgan fingerprint density at radius 2 is 2.04 bits per heavy atom. The molecule has 2 unspecified atom stereocenters. The van der Waals surface area contributed by atoms with E-state index in [1.165, 1.54) is 5.56 Å². The van der Waals surface area contributed by atoms with Gasteiger partial charge in [-0.25, -0.2) is 4.68 Å². The molecule has 0 bridgehead atoms. The Morgan fingerprint density at radius 1 is 1.30 bits per heavy atom. The minimum atomic E-state index is -0.0784. The second-order valence-electron chi connectivity index (χ2n) is 6.30. The molecule has 1 fully saturated rings. The van der Waals surface area contributed by atoms with E-state index < -0.39 is 0 Å². The van der Waals surface area contributed by atoms with Gasteiger partial charge in [-0.1, -0.05) is 22.9 Å². The van der Waals surface area contributed by atoms with Gasteiger partial charge in [0.1, 0.15) is 0 Å². The molecule has 0 radical (unpaired) electrons. The monoisotopic (exact) mass is 313 g/mol. The van der Waals surface area contributed by atoms with Gasteiger partial charge < -0.3 is 10.6 Å². The molecule has 2 atom stereocenters. The second-order valence-corrected chi connectivity index (χ2v) is 6.30. The van der Waals surface area contributed by atoms with Crippen molar-refractivity contribution in [3.8, 4) is 5.69 Å². The van der Waals surface area contributed by atoms with Gasteiger partial charge in [-0.2, -0.15) is 0 Å². The van der Waals surface area contributed by atoms with Gasteiger partial charge in [-0.05, 0) is 45.2 Å². The van der Waals surface area contributed by atoms with Gasteiger partial charge >= 0.3 is 0 Å². The molecule has 1 aliphatic rings. The molecule has 1 aromatic carbocycles. The van der Waals surface area contributed by atoms with Crippen molar-refractivity contribution in [2.75, 3.05) is 6.54 Å². The van der Waals surface area contributed by atoms with Crippen LogP contribution in [0.15, 0.2) is 30.5 Å². The quantitative estimate of drug-likeness (QED) is 0.939. The molecule has 0 saturated carbocycles. The van der Waals surface area contributed by atoms with Crippen molar-refractivity contribution in [2.24, 2.45) is 5.73 Å². The summed E-state index contributed by atoms with van der Waals surface area (Å²) in [5.41, 5.74) is 8.49. The van der Waals surface area contributed by atoms with Gasteiger partial charge in [0.2, 0.25) is 0 Å². The number of hydrogen-bond acceptors (Lipinski definition) is 4. The zero-order chi connectivity index (χ0) is 16.4. The molecule has 0 aliphatic carbocycles. The van der Waals surface area contributed by atoms with Crippen LogP contribution in [-0.2, 0) is 0 Å². The third-order valence-electron chi connectivity index (χ3n) is 4.43. The first-order valence-electron chi connectivity index (χ1n) is 8.12. The third-order valence-corrected chi connectivity index (χ3v) is 4.43. The van der Waals surface area contributed by atoms with Crippen molar-refractivity contribution in [1.82, 2.24) is 19.9 Å². The summed E-state index contributed by atoms with van der Waals surface area (Å²) in [6.45, 7) is 4.73. The number of benzene rings is 1. The van der Waals surface area contributed by atoms with Crippen LogP contribution in [-0.4, -0.2) is 44.4 Å². The number of aryl methyl sites for hydroxylation is 1. The van der Waals surface area contributed by atoms with Gasteiger partial charge in [0.15, 0.2) is 5.69 Å². The van der Waals surface area contributed by atoms with Crippen LogP contribution < -0.4 is 5.73 Å². The highest BCUT2D eigenvalue weighted by molar-refractivity contribution is 5.92. The number of carbonyl (C=O) groups excluding carboxylic acids is 1. The number of aromatic nitrogens is 3. The minimum Gasteiger partial charge on any atom is -0.333 e. The highest BCUT2D eigenvalue weighted by Crippen LogP contribution is 2.21. The smallest absolute Gasteiger partial charge is 0.276 e. The molecular formula is C17H23N5O. The predicted molar refractivity (Wildman–Crippen MR) is 88.4 cm³/mol. The summed E-state index contributed by atoms with van der Waals surface area (Å²) >= 11 is 0. The Bertz CT molecular complexity index is 677. The van der Waals surface area contributed by atoms with Crippen LogP contribution in [0.3, 0.4) is 0 Å². The molecule has 122 valence electrons. The fraction of sp³-hybridized carbons (Fsp3) is 0.471. The molecule has 6 nitrogen and oxygen atoms in total. The lowest BCUT2D eigenvalue weighted by Crippen LogP contribution is -2.51. The Balaban J connectivity index is 1.81. The molecule has 23 heavy (non-hydrogen) atoms. The molecule has 1 aromatic heterocycles. The van der Waals surface area contributed by atoms with Crippen LogP contribution in [0.2, 0.25) is 0 Å². The number of piperidine rings is 1. The standard InChI is InChI=1S/C17H23N5O/c1-12-6-8-14(9-7-12)22-11-15(19-20-22)17(23)21-10-4-3-5-16(21)13(2)18/h6-9,11,13,16H,3-5,10,18H2,1-2H3. The van der Waals surface area contributed by atoms with Crippen molar-refractivity contribution in [3.63, 3.8) is 0 Å². The van der Waals surface area contributed by atoms with Crippen LogP contribution in [0.25, 0.3) is 5.69 Å². The minimum absolute atomic E-state index is 0.0357. The first-order valence-corrected chi connectivity index (χ1v) is 8.12. The number of carbonyl (C=O) groups is 1. The van der Waals surface area contributed by atoms with Gasteiger partial charge in [0, 0.05) is 18.6 Å². The molecule has 2 aromatic rings. The maximum Gasteiger partial charge on any atom is 0.276 e. The largest absolute Gasteiger partial charge is 0.333 e. The number of rotatable bonds is 3. The van der Waals surface area contributed by atoms with E-state index in [1.54, 1.807) is 10.9 Å².